The van der Waals surface area contributed by atoms with Gasteiger partial charge in [-0.2, -0.15) is 0 Å². The number of hydrogen-bond acceptors (Lipinski definition) is 3. The van der Waals surface area contributed by atoms with Crippen LogP contribution in [0.2, 0.25) is 0 Å². The third kappa shape index (κ3) is 3.06. The second-order valence-electron chi connectivity index (χ2n) is 2.65. The number of aromatic nitrogens is 2. The summed E-state index contributed by atoms with van der Waals surface area (Å²) in [5, 5.41) is 8.36. The van der Waals surface area contributed by atoms with E-state index in [2.05, 4.69) is 4.98 Å². The molecular formula is C8H10N2O3. The van der Waals surface area contributed by atoms with Gasteiger partial charge in [0.15, 0.2) is 6.29 Å². The van der Waals surface area contributed by atoms with E-state index in [-0.39, 0.29) is 6.42 Å². The van der Waals surface area contributed by atoms with E-state index in [0.717, 1.165) is 0 Å². The molecule has 70 valence electrons. The topological polar surface area (TPSA) is 72.2 Å². The van der Waals surface area contributed by atoms with Crippen molar-refractivity contribution in [2.24, 2.45) is 0 Å². The van der Waals surface area contributed by atoms with Crippen molar-refractivity contribution in [1.29, 1.82) is 0 Å². The first-order chi connectivity index (χ1) is 6.22. The molecule has 0 aliphatic heterocycles. The fourth-order valence-electron chi connectivity index (χ4n) is 0.973. The van der Waals surface area contributed by atoms with Crippen LogP contribution in [0.25, 0.3) is 0 Å². The van der Waals surface area contributed by atoms with Gasteiger partial charge in [-0.05, 0) is 6.42 Å². The molecule has 0 unspecified atom stereocenters. The van der Waals surface area contributed by atoms with Crippen LogP contribution in [0.15, 0.2) is 12.5 Å². The number of carbonyl (C=O) groups is 2. The summed E-state index contributed by atoms with van der Waals surface area (Å²) in [4.78, 5) is 24.2. The van der Waals surface area contributed by atoms with E-state index in [0.29, 0.717) is 24.9 Å². The van der Waals surface area contributed by atoms with Gasteiger partial charge < -0.3 is 9.67 Å². The van der Waals surface area contributed by atoms with Crippen LogP contribution in [-0.2, 0) is 11.3 Å². The lowest BCUT2D eigenvalue weighted by molar-refractivity contribution is -0.137. The van der Waals surface area contributed by atoms with Crippen molar-refractivity contribution in [1.82, 2.24) is 9.55 Å². The average Bonchev–Trinajstić information content (AvgIpc) is 2.52. The van der Waals surface area contributed by atoms with Gasteiger partial charge >= 0.3 is 5.97 Å². The van der Waals surface area contributed by atoms with E-state index in [1.54, 1.807) is 10.8 Å². The highest BCUT2D eigenvalue weighted by molar-refractivity contribution is 5.70. The summed E-state index contributed by atoms with van der Waals surface area (Å²) in [6.45, 7) is 0.577. The molecule has 0 aliphatic rings. The van der Waals surface area contributed by atoms with E-state index in [9.17, 15) is 9.59 Å². The lowest BCUT2D eigenvalue weighted by atomic mass is 10.3. The first-order valence-electron chi connectivity index (χ1n) is 3.91. The summed E-state index contributed by atoms with van der Waals surface area (Å²) >= 11 is 0. The van der Waals surface area contributed by atoms with Crippen molar-refractivity contribution in [3.8, 4) is 0 Å². The van der Waals surface area contributed by atoms with Gasteiger partial charge in [-0.3, -0.25) is 9.59 Å². The summed E-state index contributed by atoms with van der Waals surface area (Å²) in [7, 11) is 0. The molecule has 0 saturated heterocycles. The van der Waals surface area contributed by atoms with Crippen molar-refractivity contribution in [2.75, 3.05) is 0 Å². The van der Waals surface area contributed by atoms with Crippen LogP contribution in [0.4, 0.5) is 0 Å². The number of aliphatic carboxylic acids is 1. The molecule has 0 saturated carbocycles. The molecule has 0 aromatic carbocycles. The third-order valence-electron chi connectivity index (χ3n) is 1.58. The smallest absolute Gasteiger partial charge is 0.303 e. The first kappa shape index (κ1) is 9.44. The third-order valence-corrected chi connectivity index (χ3v) is 1.58. The highest BCUT2D eigenvalue weighted by Gasteiger charge is 1.99. The summed E-state index contributed by atoms with van der Waals surface area (Å²) in [6, 6.07) is 0. The van der Waals surface area contributed by atoms with Crippen LogP contribution in [-0.4, -0.2) is 26.9 Å². The number of nitrogens with zero attached hydrogens (tertiary/aromatic N) is 2. The molecule has 1 heterocycles. The Hall–Kier alpha value is -1.65. The zero-order chi connectivity index (χ0) is 9.68. The maximum Gasteiger partial charge on any atom is 0.303 e. The number of aldehydes is 1. The predicted molar refractivity (Wildman–Crippen MR) is 44.5 cm³/mol. The van der Waals surface area contributed by atoms with Crippen molar-refractivity contribution >= 4 is 12.3 Å². The lowest BCUT2D eigenvalue weighted by Gasteiger charge is -1.97. The normalized spacial score (nSPS) is 9.85. The number of rotatable bonds is 5. The molecule has 0 fully saturated rings. The number of carboxylic acids is 1. The monoisotopic (exact) mass is 182 g/mol. The Morgan fingerprint density at radius 3 is 3.00 bits per heavy atom. The van der Waals surface area contributed by atoms with E-state index < -0.39 is 5.97 Å². The second-order valence-corrected chi connectivity index (χ2v) is 2.65. The van der Waals surface area contributed by atoms with E-state index >= 15 is 0 Å². The average molecular weight is 182 g/mol. The quantitative estimate of drug-likeness (QED) is 0.675. The molecule has 5 heteroatoms. The van der Waals surface area contributed by atoms with Gasteiger partial charge in [0.1, 0.15) is 5.69 Å². The van der Waals surface area contributed by atoms with Crippen LogP contribution in [0.3, 0.4) is 0 Å². The molecular weight excluding hydrogens is 172 g/mol. The minimum Gasteiger partial charge on any atom is -0.481 e. The number of carbonyl (C=O) groups excluding carboxylic acids is 1. The molecule has 0 bridgehead atoms. The molecule has 0 atom stereocenters. The van der Waals surface area contributed by atoms with Gasteiger partial charge in [-0.25, -0.2) is 4.98 Å². The Balaban J connectivity index is 2.36. The molecule has 1 N–H and O–H groups in total. The van der Waals surface area contributed by atoms with Crippen molar-refractivity contribution in [3.63, 3.8) is 0 Å². The fourth-order valence-corrected chi connectivity index (χ4v) is 0.973. The van der Waals surface area contributed by atoms with Crippen LogP contribution < -0.4 is 0 Å². The molecule has 1 aromatic heterocycles. The Kier molecular flexibility index (Phi) is 3.19. The minimum atomic E-state index is -0.810. The lowest BCUT2D eigenvalue weighted by Crippen LogP contribution is -1.99. The molecule has 1 rings (SSSR count). The highest BCUT2D eigenvalue weighted by Crippen LogP contribution is 1.97. The molecule has 1 aromatic rings. The summed E-state index contributed by atoms with van der Waals surface area (Å²) < 4.78 is 1.70. The summed E-state index contributed by atoms with van der Waals surface area (Å²) in [6.07, 6.45) is 4.45. The molecule has 0 amide bonds. The van der Waals surface area contributed by atoms with E-state index in [1.165, 1.54) is 6.33 Å². The zero-order valence-electron chi connectivity index (χ0n) is 7.01. The Morgan fingerprint density at radius 2 is 2.46 bits per heavy atom. The number of imidazole rings is 1. The second kappa shape index (κ2) is 4.39. The van der Waals surface area contributed by atoms with Crippen molar-refractivity contribution in [3.05, 3.63) is 18.2 Å². The maximum atomic E-state index is 10.2. The fraction of sp³-hybridized carbons (Fsp3) is 0.375. The predicted octanol–water partition coefficient (Wildman–Crippen LogP) is 0.560. The Morgan fingerprint density at radius 1 is 1.69 bits per heavy atom. The number of carboxylic acid groups (broad SMARTS) is 1. The van der Waals surface area contributed by atoms with Gasteiger partial charge in [0.25, 0.3) is 0 Å². The Labute approximate surface area is 75.0 Å². The van der Waals surface area contributed by atoms with E-state index in [4.69, 9.17) is 5.11 Å². The summed E-state index contributed by atoms with van der Waals surface area (Å²) in [5.74, 6) is -0.810. The zero-order valence-corrected chi connectivity index (χ0v) is 7.01. The Bertz CT molecular complexity index is 306. The van der Waals surface area contributed by atoms with Crippen molar-refractivity contribution in [2.45, 2.75) is 19.4 Å². The van der Waals surface area contributed by atoms with Gasteiger partial charge in [0.05, 0.1) is 6.33 Å². The van der Waals surface area contributed by atoms with Crippen LogP contribution in [0, 0.1) is 0 Å². The summed E-state index contributed by atoms with van der Waals surface area (Å²) in [5.41, 5.74) is 0.371. The first-order valence-corrected chi connectivity index (χ1v) is 3.91. The molecule has 0 radical (unpaired) electrons. The minimum absolute atomic E-state index is 0.134. The van der Waals surface area contributed by atoms with Crippen molar-refractivity contribution < 1.29 is 14.7 Å². The standard InChI is InChI=1S/C8H10N2O3/c11-5-7-4-10(6-9-7)3-1-2-8(12)13/h4-6H,1-3H2,(H,12,13). The van der Waals surface area contributed by atoms with Crippen LogP contribution >= 0.6 is 0 Å². The molecule has 0 spiro atoms. The molecule has 5 nitrogen and oxygen atoms in total. The van der Waals surface area contributed by atoms with Gasteiger partial charge in [-0.1, -0.05) is 0 Å². The number of hydrogen-bond donors (Lipinski definition) is 1. The molecule has 13 heavy (non-hydrogen) atoms. The maximum absolute atomic E-state index is 10.2. The van der Waals surface area contributed by atoms with Crippen LogP contribution in [0.5, 0.6) is 0 Å². The van der Waals surface area contributed by atoms with E-state index in [1.807, 2.05) is 0 Å². The number of aryl methyl sites for hydroxylation is 1. The SMILES string of the molecule is O=Cc1cn(CCCC(=O)O)cn1. The van der Waals surface area contributed by atoms with Gasteiger partial charge in [-0.15, -0.1) is 0 Å². The van der Waals surface area contributed by atoms with Gasteiger partial charge in [0.2, 0.25) is 0 Å². The highest BCUT2D eigenvalue weighted by atomic mass is 16.4. The molecule has 0 aliphatic carbocycles. The largest absolute Gasteiger partial charge is 0.481 e. The van der Waals surface area contributed by atoms with Crippen LogP contribution in [0.1, 0.15) is 23.3 Å². The van der Waals surface area contributed by atoms with Gasteiger partial charge in [0, 0.05) is 19.2 Å².